The van der Waals surface area contributed by atoms with Crippen LogP contribution >= 0.6 is 24.0 Å². The second kappa shape index (κ2) is 10.2. The van der Waals surface area contributed by atoms with Crippen LogP contribution in [0.15, 0.2) is 57.9 Å². The van der Waals surface area contributed by atoms with Crippen LogP contribution in [-0.4, -0.2) is 24.2 Å². The number of aliphatic imine (C=N–C) groups is 1. The van der Waals surface area contributed by atoms with Gasteiger partial charge in [-0.3, -0.25) is 0 Å². The summed E-state index contributed by atoms with van der Waals surface area (Å²) in [7, 11) is 0. The number of fused-ring (bicyclic) bond motifs is 1. The standard InChI is InChI=1S/C21H25N3O2.HI/c1-3-22-21(23-12-11-16-7-6-8-17(25)13-16)24-14-20-15(2)18-9-4-5-10-19(18)26-20;/h4-10,13,25H,3,11-12,14H2,1-2H3,(H2,22,23,24);1H. The molecule has 2 aromatic carbocycles. The molecule has 0 aliphatic rings. The minimum absolute atomic E-state index is 0. The summed E-state index contributed by atoms with van der Waals surface area (Å²) in [5.74, 6) is 1.94. The fourth-order valence-electron chi connectivity index (χ4n) is 2.91. The van der Waals surface area contributed by atoms with Crippen LogP contribution in [0.3, 0.4) is 0 Å². The molecule has 27 heavy (non-hydrogen) atoms. The molecule has 0 atom stereocenters. The van der Waals surface area contributed by atoms with E-state index in [4.69, 9.17) is 4.42 Å². The van der Waals surface area contributed by atoms with Crippen LogP contribution in [0.5, 0.6) is 5.75 Å². The first-order valence-corrected chi connectivity index (χ1v) is 8.94. The molecule has 144 valence electrons. The number of para-hydroxylation sites is 1. The molecule has 3 rings (SSSR count). The molecule has 5 nitrogen and oxygen atoms in total. The Bertz CT molecular complexity index is 905. The Morgan fingerprint density at radius 2 is 1.93 bits per heavy atom. The van der Waals surface area contributed by atoms with Gasteiger partial charge in [0, 0.05) is 24.0 Å². The van der Waals surface area contributed by atoms with Crippen LogP contribution in [-0.2, 0) is 13.0 Å². The summed E-state index contributed by atoms with van der Waals surface area (Å²) in [5, 5.41) is 17.3. The number of nitrogens with one attached hydrogen (secondary N) is 2. The molecule has 3 N–H and O–H groups in total. The number of phenolic OH excluding ortho intramolecular Hbond substituents is 1. The summed E-state index contributed by atoms with van der Waals surface area (Å²) in [6.45, 7) is 6.12. The largest absolute Gasteiger partial charge is 0.508 e. The van der Waals surface area contributed by atoms with Gasteiger partial charge in [0.15, 0.2) is 5.96 Å². The van der Waals surface area contributed by atoms with Gasteiger partial charge in [-0.15, -0.1) is 24.0 Å². The molecule has 1 aromatic heterocycles. The molecule has 0 saturated heterocycles. The average molecular weight is 479 g/mol. The van der Waals surface area contributed by atoms with Crippen LogP contribution in [0.4, 0.5) is 0 Å². The third kappa shape index (κ3) is 5.63. The lowest BCUT2D eigenvalue weighted by molar-refractivity contribution is 0.474. The summed E-state index contributed by atoms with van der Waals surface area (Å²) in [6, 6.07) is 15.4. The minimum Gasteiger partial charge on any atom is -0.508 e. The Morgan fingerprint density at radius 3 is 2.67 bits per heavy atom. The van der Waals surface area contributed by atoms with Crippen LogP contribution in [0.2, 0.25) is 0 Å². The van der Waals surface area contributed by atoms with Crippen molar-refractivity contribution in [2.45, 2.75) is 26.8 Å². The van der Waals surface area contributed by atoms with Crippen molar-refractivity contribution in [2.75, 3.05) is 13.1 Å². The zero-order valence-electron chi connectivity index (χ0n) is 15.7. The lowest BCUT2D eigenvalue weighted by atomic mass is 10.1. The van der Waals surface area contributed by atoms with E-state index >= 15 is 0 Å². The number of nitrogens with zero attached hydrogens (tertiary/aromatic N) is 1. The molecule has 6 heteroatoms. The monoisotopic (exact) mass is 479 g/mol. The maximum Gasteiger partial charge on any atom is 0.191 e. The van der Waals surface area contributed by atoms with Crippen molar-refractivity contribution in [3.8, 4) is 5.75 Å². The van der Waals surface area contributed by atoms with Gasteiger partial charge >= 0.3 is 0 Å². The second-order valence-corrected chi connectivity index (χ2v) is 6.19. The van der Waals surface area contributed by atoms with Gasteiger partial charge in [0.25, 0.3) is 0 Å². The molecule has 0 aliphatic heterocycles. The number of aromatic hydroxyl groups is 1. The molecule has 1 heterocycles. The van der Waals surface area contributed by atoms with Crippen molar-refractivity contribution in [1.82, 2.24) is 10.6 Å². The highest BCUT2D eigenvalue weighted by Crippen LogP contribution is 2.25. The highest BCUT2D eigenvalue weighted by molar-refractivity contribution is 14.0. The van der Waals surface area contributed by atoms with E-state index in [2.05, 4.69) is 28.6 Å². The van der Waals surface area contributed by atoms with Gasteiger partial charge in [0.1, 0.15) is 23.6 Å². The maximum atomic E-state index is 9.54. The molecular formula is C21H26IN3O2. The number of guanidine groups is 1. The number of halogens is 1. The van der Waals surface area contributed by atoms with Crippen molar-refractivity contribution < 1.29 is 9.52 Å². The summed E-state index contributed by atoms with van der Waals surface area (Å²) < 4.78 is 5.92. The lowest BCUT2D eigenvalue weighted by Gasteiger charge is -2.11. The molecule has 0 aliphatic carbocycles. The molecule has 0 radical (unpaired) electrons. The Hall–Kier alpha value is -2.22. The van der Waals surface area contributed by atoms with E-state index in [0.29, 0.717) is 12.3 Å². The van der Waals surface area contributed by atoms with Gasteiger partial charge in [0.2, 0.25) is 0 Å². The molecule has 3 aromatic rings. The van der Waals surface area contributed by atoms with Crippen LogP contribution in [0, 0.1) is 6.92 Å². The number of rotatable bonds is 6. The Labute approximate surface area is 176 Å². The predicted octanol–water partition coefficient (Wildman–Crippen LogP) is 4.36. The van der Waals surface area contributed by atoms with Gasteiger partial charge in [-0.25, -0.2) is 4.99 Å². The van der Waals surface area contributed by atoms with E-state index in [-0.39, 0.29) is 24.0 Å². The van der Waals surface area contributed by atoms with Gasteiger partial charge in [0.05, 0.1) is 0 Å². The first kappa shape index (κ1) is 21.1. The van der Waals surface area contributed by atoms with Crippen molar-refractivity contribution >= 4 is 40.9 Å². The second-order valence-electron chi connectivity index (χ2n) is 6.19. The Balaban J connectivity index is 0.00000261. The topological polar surface area (TPSA) is 69.8 Å². The Morgan fingerprint density at radius 1 is 1.11 bits per heavy atom. The molecule has 0 bridgehead atoms. The predicted molar refractivity (Wildman–Crippen MR) is 121 cm³/mol. The number of hydrogen-bond donors (Lipinski definition) is 3. The molecular weight excluding hydrogens is 453 g/mol. The summed E-state index contributed by atoms with van der Waals surface area (Å²) in [6.07, 6.45) is 0.808. The highest BCUT2D eigenvalue weighted by atomic mass is 127. The number of phenols is 1. The van der Waals surface area contributed by atoms with Gasteiger partial charge in [-0.2, -0.15) is 0 Å². The molecule has 0 saturated carbocycles. The van der Waals surface area contributed by atoms with Gasteiger partial charge in [-0.05, 0) is 44.0 Å². The van der Waals surface area contributed by atoms with Gasteiger partial charge < -0.3 is 20.2 Å². The van der Waals surface area contributed by atoms with Gasteiger partial charge in [-0.1, -0.05) is 30.3 Å². The van der Waals surface area contributed by atoms with Crippen molar-refractivity contribution in [3.63, 3.8) is 0 Å². The number of furan rings is 1. The number of aryl methyl sites for hydroxylation is 1. The van der Waals surface area contributed by atoms with Crippen molar-refractivity contribution in [2.24, 2.45) is 4.99 Å². The minimum atomic E-state index is 0. The quantitative estimate of drug-likeness (QED) is 0.279. The zero-order valence-corrected chi connectivity index (χ0v) is 18.0. The van der Waals surface area contributed by atoms with Crippen LogP contribution in [0.25, 0.3) is 11.0 Å². The van der Waals surface area contributed by atoms with E-state index < -0.39 is 0 Å². The third-order valence-corrected chi connectivity index (χ3v) is 4.28. The van der Waals surface area contributed by atoms with E-state index in [1.165, 1.54) is 0 Å². The summed E-state index contributed by atoms with van der Waals surface area (Å²) in [4.78, 5) is 4.64. The molecule has 0 amide bonds. The van der Waals surface area contributed by atoms with E-state index in [1.54, 1.807) is 12.1 Å². The number of hydrogen-bond acceptors (Lipinski definition) is 3. The van der Waals surface area contributed by atoms with Crippen LogP contribution in [0.1, 0.15) is 23.8 Å². The highest BCUT2D eigenvalue weighted by Gasteiger charge is 2.09. The summed E-state index contributed by atoms with van der Waals surface area (Å²) >= 11 is 0. The van der Waals surface area contributed by atoms with E-state index in [0.717, 1.165) is 53.3 Å². The maximum absolute atomic E-state index is 9.54. The molecule has 0 fully saturated rings. The zero-order chi connectivity index (χ0) is 18.4. The smallest absolute Gasteiger partial charge is 0.191 e. The molecule has 0 spiro atoms. The number of benzene rings is 2. The fraction of sp³-hybridized carbons (Fsp3) is 0.286. The fourth-order valence-corrected chi connectivity index (χ4v) is 2.91. The normalized spacial score (nSPS) is 11.3. The van der Waals surface area contributed by atoms with Crippen molar-refractivity contribution in [1.29, 1.82) is 0 Å². The van der Waals surface area contributed by atoms with E-state index in [9.17, 15) is 5.11 Å². The average Bonchev–Trinajstić information content (AvgIpc) is 2.96. The van der Waals surface area contributed by atoms with Crippen molar-refractivity contribution in [3.05, 3.63) is 65.4 Å². The Kier molecular flexibility index (Phi) is 7.97. The first-order chi connectivity index (χ1) is 12.7. The van der Waals surface area contributed by atoms with E-state index in [1.807, 2.05) is 37.3 Å². The third-order valence-electron chi connectivity index (χ3n) is 4.28. The SMILES string of the molecule is CCNC(=NCc1oc2ccccc2c1C)NCCc1cccc(O)c1.I. The lowest BCUT2D eigenvalue weighted by Crippen LogP contribution is -2.38. The summed E-state index contributed by atoms with van der Waals surface area (Å²) in [5.41, 5.74) is 3.12. The van der Waals surface area contributed by atoms with Crippen LogP contribution < -0.4 is 10.6 Å². The first-order valence-electron chi connectivity index (χ1n) is 8.94. The molecule has 0 unspecified atom stereocenters.